The van der Waals surface area contributed by atoms with Crippen molar-refractivity contribution in [3.05, 3.63) is 54.4 Å². The zero-order chi connectivity index (χ0) is 11.4. The quantitative estimate of drug-likeness (QED) is 0.614. The van der Waals surface area contributed by atoms with Crippen molar-refractivity contribution in [3.63, 3.8) is 0 Å². The second kappa shape index (κ2) is 4.57. The molecule has 0 saturated carbocycles. The highest BCUT2D eigenvalue weighted by Crippen LogP contribution is 2.18. The van der Waals surface area contributed by atoms with Gasteiger partial charge in [-0.2, -0.15) is 0 Å². The molecule has 0 aliphatic carbocycles. The SMILES string of the molecule is COC(=N)c1cc(-c2ccccc2)ccn1. The Labute approximate surface area is 94.2 Å². The summed E-state index contributed by atoms with van der Waals surface area (Å²) in [7, 11) is 1.47. The van der Waals surface area contributed by atoms with Gasteiger partial charge in [0.15, 0.2) is 0 Å². The second-order valence-corrected chi connectivity index (χ2v) is 3.33. The molecular weight excluding hydrogens is 200 g/mol. The van der Waals surface area contributed by atoms with Gasteiger partial charge in [-0.1, -0.05) is 30.3 Å². The van der Waals surface area contributed by atoms with Gasteiger partial charge in [-0.3, -0.25) is 10.4 Å². The number of rotatable bonds is 2. The lowest BCUT2D eigenvalue weighted by molar-refractivity contribution is 0.399. The molecule has 80 valence electrons. The van der Waals surface area contributed by atoms with Gasteiger partial charge in [0.25, 0.3) is 0 Å². The summed E-state index contributed by atoms with van der Waals surface area (Å²) in [4.78, 5) is 4.09. The predicted molar refractivity (Wildman–Crippen MR) is 63.5 cm³/mol. The first kappa shape index (κ1) is 10.4. The average molecular weight is 212 g/mol. The monoisotopic (exact) mass is 212 g/mol. The van der Waals surface area contributed by atoms with Gasteiger partial charge in [-0.05, 0) is 23.3 Å². The number of nitrogens with zero attached hydrogens (tertiary/aromatic N) is 1. The summed E-state index contributed by atoms with van der Waals surface area (Å²) < 4.78 is 4.85. The average Bonchev–Trinajstić information content (AvgIpc) is 2.39. The van der Waals surface area contributed by atoms with Crippen molar-refractivity contribution in [1.29, 1.82) is 5.41 Å². The predicted octanol–water partition coefficient (Wildman–Crippen LogP) is 2.72. The van der Waals surface area contributed by atoms with E-state index in [0.29, 0.717) is 5.69 Å². The molecule has 0 aliphatic rings. The molecule has 3 nitrogen and oxygen atoms in total. The fraction of sp³-hybridized carbons (Fsp3) is 0.0769. The third-order valence-electron chi connectivity index (χ3n) is 2.30. The number of hydrogen-bond acceptors (Lipinski definition) is 3. The number of nitrogens with one attached hydrogen (secondary N) is 1. The fourth-order valence-electron chi connectivity index (χ4n) is 1.47. The summed E-state index contributed by atoms with van der Waals surface area (Å²) in [6.45, 7) is 0. The van der Waals surface area contributed by atoms with Crippen LogP contribution in [0.5, 0.6) is 0 Å². The molecule has 16 heavy (non-hydrogen) atoms. The van der Waals surface area contributed by atoms with Gasteiger partial charge in [0, 0.05) is 6.20 Å². The van der Waals surface area contributed by atoms with E-state index in [1.165, 1.54) is 7.11 Å². The molecular formula is C13H12N2O. The molecule has 0 fully saturated rings. The minimum absolute atomic E-state index is 0.0813. The Kier molecular flexibility index (Phi) is 2.96. The molecule has 0 unspecified atom stereocenters. The molecule has 2 rings (SSSR count). The summed E-state index contributed by atoms with van der Waals surface area (Å²) >= 11 is 0. The van der Waals surface area contributed by atoms with E-state index in [2.05, 4.69) is 4.98 Å². The maximum atomic E-state index is 7.55. The lowest BCUT2D eigenvalue weighted by Crippen LogP contribution is -2.03. The van der Waals surface area contributed by atoms with E-state index in [1.807, 2.05) is 42.5 Å². The van der Waals surface area contributed by atoms with Crippen LogP contribution in [-0.4, -0.2) is 18.0 Å². The smallest absolute Gasteiger partial charge is 0.232 e. The van der Waals surface area contributed by atoms with Crippen molar-refractivity contribution in [2.24, 2.45) is 0 Å². The molecule has 0 saturated heterocycles. The van der Waals surface area contributed by atoms with Gasteiger partial charge >= 0.3 is 0 Å². The number of aromatic nitrogens is 1. The zero-order valence-corrected chi connectivity index (χ0v) is 8.97. The Morgan fingerprint density at radius 3 is 2.56 bits per heavy atom. The Morgan fingerprint density at radius 1 is 1.12 bits per heavy atom. The minimum atomic E-state index is 0.0813. The molecule has 1 aromatic carbocycles. The van der Waals surface area contributed by atoms with E-state index in [1.54, 1.807) is 6.20 Å². The molecule has 0 aliphatic heterocycles. The van der Waals surface area contributed by atoms with Crippen molar-refractivity contribution in [2.75, 3.05) is 7.11 Å². The van der Waals surface area contributed by atoms with Crippen molar-refractivity contribution >= 4 is 5.90 Å². The Bertz CT molecular complexity index is 494. The number of benzene rings is 1. The van der Waals surface area contributed by atoms with Crippen molar-refractivity contribution < 1.29 is 4.74 Å². The van der Waals surface area contributed by atoms with Crippen LogP contribution in [-0.2, 0) is 4.74 Å². The van der Waals surface area contributed by atoms with E-state index >= 15 is 0 Å². The van der Waals surface area contributed by atoms with Gasteiger partial charge in [0.1, 0.15) is 5.69 Å². The highest BCUT2D eigenvalue weighted by atomic mass is 16.5. The largest absolute Gasteiger partial charge is 0.480 e. The Morgan fingerprint density at radius 2 is 1.88 bits per heavy atom. The molecule has 0 amide bonds. The number of ether oxygens (including phenoxy) is 1. The molecule has 1 heterocycles. The molecule has 2 aromatic rings. The van der Waals surface area contributed by atoms with E-state index < -0.39 is 0 Å². The van der Waals surface area contributed by atoms with E-state index in [9.17, 15) is 0 Å². The lowest BCUT2D eigenvalue weighted by atomic mass is 10.1. The highest BCUT2D eigenvalue weighted by molar-refractivity contribution is 5.90. The maximum Gasteiger partial charge on any atom is 0.232 e. The Hall–Kier alpha value is -2.16. The molecule has 0 atom stereocenters. The summed E-state index contributed by atoms with van der Waals surface area (Å²) in [5.41, 5.74) is 2.69. The molecule has 0 radical (unpaired) electrons. The molecule has 3 heteroatoms. The fourth-order valence-corrected chi connectivity index (χ4v) is 1.47. The van der Waals surface area contributed by atoms with Crippen LogP contribution >= 0.6 is 0 Å². The van der Waals surface area contributed by atoms with E-state index in [-0.39, 0.29) is 5.90 Å². The van der Waals surface area contributed by atoms with Crippen LogP contribution in [0.4, 0.5) is 0 Å². The zero-order valence-electron chi connectivity index (χ0n) is 8.97. The summed E-state index contributed by atoms with van der Waals surface area (Å²) in [5.74, 6) is 0.0813. The van der Waals surface area contributed by atoms with E-state index in [4.69, 9.17) is 10.1 Å². The first-order valence-electron chi connectivity index (χ1n) is 4.95. The molecule has 0 bridgehead atoms. The van der Waals surface area contributed by atoms with Crippen LogP contribution < -0.4 is 0 Å². The van der Waals surface area contributed by atoms with Crippen LogP contribution in [0.2, 0.25) is 0 Å². The second-order valence-electron chi connectivity index (χ2n) is 3.33. The third-order valence-corrected chi connectivity index (χ3v) is 2.30. The summed E-state index contributed by atoms with van der Waals surface area (Å²) in [6, 6.07) is 13.8. The topological polar surface area (TPSA) is 46.0 Å². The van der Waals surface area contributed by atoms with Crippen molar-refractivity contribution in [2.45, 2.75) is 0 Å². The number of hydrogen-bond donors (Lipinski definition) is 1. The normalized spacial score (nSPS) is 9.81. The maximum absolute atomic E-state index is 7.55. The van der Waals surface area contributed by atoms with Gasteiger partial charge in [0.05, 0.1) is 7.11 Å². The lowest BCUT2D eigenvalue weighted by Gasteiger charge is -2.04. The Balaban J connectivity index is 2.40. The van der Waals surface area contributed by atoms with Gasteiger partial charge in [-0.25, -0.2) is 0 Å². The molecule has 0 spiro atoms. The van der Waals surface area contributed by atoms with Crippen LogP contribution in [0.25, 0.3) is 11.1 Å². The first-order valence-corrected chi connectivity index (χ1v) is 4.95. The number of methoxy groups -OCH3 is 1. The van der Waals surface area contributed by atoms with Crippen LogP contribution in [0.15, 0.2) is 48.7 Å². The van der Waals surface area contributed by atoms with Gasteiger partial charge in [0.2, 0.25) is 5.90 Å². The standard InChI is InChI=1S/C13H12N2O/c1-16-13(14)12-9-11(7-8-15-12)10-5-3-2-4-6-10/h2-9,14H,1H3. The summed E-state index contributed by atoms with van der Waals surface area (Å²) in [6.07, 6.45) is 1.69. The summed E-state index contributed by atoms with van der Waals surface area (Å²) in [5, 5.41) is 7.55. The number of pyridine rings is 1. The third kappa shape index (κ3) is 2.08. The van der Waals surface area contributed by atoms with Gasteiger partial charge < -0.3 is 4.74 Å². The van der Waals surface area contributed by atoms with E-state index in [0.717, 1.165) is 11.1 Å². The minimum Gasteiger partial charge on any atom is -0.480 e. The van der Waals surface area contributed by atoms with Crippen LogP contribution in [0.1, 0.15) is 5.69 Å². The van der Waals surface area contributed by atoms with Crippen molar-refractivity contribution in [1.82, 2.24) is 4.98 Å². The molecule has 1 aromatic heterocycles. The van der Waals surface area contributed by atoms with Crippen LogP contribution in [0, 0.1) is 5.41 Å². The van der Waals surface area contributed by atoms with Gasteiger partial charge in [-0.15, -0.1) is 0 Å². The molecule has 1 N–H and O–H groups in total. The van der Waals surface area contributed by atoms with Crippen LogP contribution in [0.3, 0.4) is 0 Å². The first-order chi connectivity index (χ1) is 7.81. The highest BCUT2D eigenvalue weighted by Gasteiger charge is 2.04. The van der Waals surface area contributed by atoms with Crippen molar-refractivity contribution in [3.8, 4) is 11.1 Å².